The van der Waals surface area contributed by atoms with Gasteiger partial charge in [-0.1, -0.05) is 0 Å². The van der Waals surface area contributed by atoms with Gasteiger partial charge in [-0.25, -0.2) is 9.48 Å². The van der Waals surface area contributed by atoms with E-state index in [0.29, 0.717) is 4.68 Å². The summed E-state index contributed by atoms with van der Waals surface area (Å²) < 4.78 is 30.8. The molecule has 1 heterocycles. The fourth-order valence-electron chi connectivity index (χ4n) is 1.39. The Kier molecular flexibility index (Phi) is 4.26. The molecule has 1 aromatic rings. The number of amides is 1. The van der Waals surface area contributed by atoms with E-state index >= 15 is 0 Å². The minimum atomic E-state index is -2.74. The van der Waals surface area contributed by atoms with Gasteiger partial charge in [0.2, 0.25) is 0 Å². The summed E-state index contributed by atoms with van der Waals surface area (Å²) in [6, 6.07) is 0.810. The van der Waals surface area contributed by atoms with Crippen molar-refractivity contribution in [2.24, 2.45) is 0 Å². The van der Waals surface area contributed by atoms with Gasteiger partial charge in [-0.2, -0.15) is 13.9 Å². The Hall–Kier alpha value is -1.66. The smallest absolute Gasteiger partial charge is 0.408 e. The van der Waals surface area contributed by atoms with Crippen LogP contribution in [0.2, 0.25) is 0 Å². The van der Waals surface area contributed by atoms with E-state index in [1.54, 1.807) is 27.7 Å². The molecule has 7 heteroatoms. The molecule has 0 aliphatic carbocycles. The summed E-state index contributed by atoms with van der Waals surface area (Å²) in [4.78, 5) is 11.5. The van der Waals surface area contributed by atoms with E-state index in [-0.39, 0.29) is 5.69 Å². The quantitative estimate of drug-likeness (QED) is 0.910. The van der Waals surface area contributed by atoms with Crippen LogP contribution < -0.4 is 5.32 Å². The van der Waals surface area contributed by atoms with Crippen molar-refractivity contribution in [3.8, 4) is 0 Å². The third-order valence-electron chi connectivity index (χ3n) is 2.06. The van der Waals surface area contributed by atoms with E-state index in [1.165, 1.54) is 12.3 Å². The van der Waals surface area contributed by atoms with E-state index < -0.39 is 24.3 Å². The molecule has 0 aliphatic heterocycles. The summed E-state index contributed by atoms with van der Waals surface area (Å²) in [5.41, 5.74) is -0.414. The number of hydrogen-bond acceptors (Lipinski definition) is 3. The maximum Gasteiger partial charge on any atom is 0.408 e. The number of halogens is 2. The maximum absolute atomic E-state index is 12.6. The lowest BCUT2D eigenvalue weighted by atomic mass is 10.2. The van der Waals surface area contributed by atoms with E-state index in [0.717, 1.165) is 0 Å². The predicted octanol–water partition coefficient (Wildman–Crippen LogP) is 2.86. The Bertz CT molecular complexity index is 413. The first-order chi connectivity index (χ1) is 8.20. The summed E-state index contributed by atoms with van der Waals surface area (Å²) in [6.07, 6.45) is 0.603. The number of alkyl carbamates (subject to hydrolysis) is 1. The molecule has 1 rings (SSSR count). The van der Waals surface area contributed by atoms with Crippen LogP contribution in [0.15, 0.2) is 12.3 Å². The first-order valence-electron chi connectivity index (χ1n) is 5.52. The molecule has 1 amide bonds. The van der Waals surface area contributed by atoms with Crippen molar-refractivity contribution in [3.63, 3.8) is 0 Å². The summed E-state index contributed by atoms with van der Waals surface area (Å²) >= 11 is 0. The molecule has 0 saturated heterocycles. The van der Waals surface area contributed by atoms with Crippen LogP contribution in [0.4, 0.5) is 13.6 Å². The molecule has 0 radical (unpaired) electrons. The minimum Gasteiger partial charge on any atom is -0.444 e. The molecule has 0 fully saturated rings. The lowest BCUT2D eigenvalue weighted by Gasteiger charge is -2.22. The highest BCUT2D eigenvalue weighted by Gasteiger charge is 2.21. The number of nitrogens with one attached hydrogen (secondary N) is 1. The van der Waals surface area contributed by atoms with Crippen LogP contribution in [0, 0.1) is 0 Å². The largest absolute Gasteiger partial charge is 0.444 e. The predicted molar refractivity (Wildman–Crippen MR) is 61.3 cm³/mol. The van der Waals surface area contributed by atoms with E-state index in [1.807, 2.05) is 0 Å². The first-order valence-corrected chi connectivity index (χ1v) is 5.52. The number of nitrogens with zero attached hydrogens (tertiary/aromatic N) is 2. The molecule has 5 nitrogen and oxygen atoms in total. The van der Waals surface area contributed by atoms with Crippen molar-refractivity contribution in [1.29, 1.82) is 0 Å². The van der Waals surface area contributed by atoms with Gasteiger partial charge in [0.15, 0.2) is 0 Å². The number of hydrogen-bond donors (Lipinski definition) is 1. The molecule has 102 valence electrons. The monoisotopic (exact) mass is 261 g/mol. The summed E-state index contributed by atoms with van der Waals surface area (Å²) in [7, 11) is 0. The molecule has 0 aromatic carbocycles. The van der Waals surface area contributed by atoms with Gasteiger partial charge in [0, 0.05) is 6.20 Å². The Morgan fingerprint density at radius 2 is 2.11 bits per heavy atom. The molecule has 1 aromatic heterocycles. The molecular weight excluding hydrogens is 244 g/mol. The Balaban J connectivity index is 2.68. The highest BCUT2D eigenvalue weighted by atomic mass is 19.3. The van der Waals surface area contributed by atoms with Crippen molar-refractivity contribution in [2.75, 3.05) is 0 Å². The molecule has 18 heavy (non-hydrogen) atoms. The molecule has 0 saturated carbocycles. The second-order valence-corrected chi connectivity index (χ2v) is 4.85. The Labute approximate surface area is 104 Å². The third-order valence-corrected chi connectivity index (χ3v) is 2.06. The maximum atomic E-state index is 12.6. The van der Waals surface area contributed by atoms with Crippen LogP contribution >= 0.6 is 0 Å². The van der Waals surface area contributed by atoms with E-state index in [4.69, 9.17) is 4.74 Å². The minimum absolute atomic E-state index is 0.218. The van der Waals surface area contributed by atoms with Gasteiger partial charge in [0.1, 0.15) is 5.60 Å². The van der Waals surface area contributed by atoms with Gasteiger partial charge in [-0.3, -0.25) is 0 Å². The SMILES string of the molecule is C[C@H](NC(=O)OC(C)(C)C)c1ccnn1C(F)F. The van der Waals surface area contributed by atoms with Crippen LogP contribution in [0.1, 0.15) is 46.0 Å². The van der Waals surface area contributed by atoms with Crippen LogP contribution in [0.25, 0.3) is 0 Å². The summed E-state index contributed by atoms with van der Waals surface area (Å²) in [6.45, 7) is 4.01. The van der Waals surface area contributed by atoms with E-state index in [2.05, 4.69) is 10.4 Å². The number of alkyl halides is 2. The normalized spacial score (nSPS) is 13.5. The van der Waals surface area contributed by atoms with Crippen molar-refractivity contribution in [3.05, 3.63) is 18.0 Å². The summed E-state index contributed by atoms with van der Waals surface area (Å²) in [5, 5.41) is 5.97. The molecule has 1 N–H and O–H groups in total. The first kappa shape index (κ1) is 14.4. The zero-order valence-corrected chi connectivity index (χ0v) is 10.8. The Morgan fingerprint density at radius 1 is 1.50 bits per heavy atom. The molecular formula is C11H17F2N3O2. The molecule has 0 aliphatic rings. The average Bonchev–Trinajstić information content (AvgIpc) is 2.61. The molecule has 0 bridgehead atoms. The van der Waals surface area contributed by atoms with E-state index in [9.17, 15) is 13.6 Å². The van der Waals surface area contributed by atoms with Gasteiger partial charge < -0.3 is 10.1 Å². The van der Waals surface area contributed by atoms with Gasteiger partial charge in [0.25, 0.3) is 0 Å². The van der Waals surface area contributed by atoms with Gasteiger partial charge in [-0.15, -0.1) is 0 Å². The number of carbonyl (C=O) groups is 1. The lowest BCUT2D eigenvalue weighted by molar-refractivity contribution is 0.0441. The number of carbonyl (C=O) groups excluding carboxylic acids is 1. The van der Waals surface area contributed by atoms with Crippen molar-refractivity contribution in [1.82, 2.24) is 15.1 Å². The summed E-state index contributed by atoms with van der Waals surface area (Å²) in [5.74, 6) is 0. The van der Waals surface area contributed by atoms with Crippen molar-refractivity contribution >= 4 is 6.09 Å². The zero-order valence-electron chi connectivity index (χ0n) is 10.8. The fourth-order valence-corrected chi connectivity index (χ4v) is 1.39. The van der Waals surface area contributed by atoms with Crippen LogP contribution in [0.5, 0.6) is 0 Å². The molecule has 0 spiro atoms. The number of aromatic nitrogens is 2. The fraction of sp³-hybridized carbons (Fsp3) is 0.636. The highest BCUT2D eigenvalue weighted by molar-refractivity contribution is 5.68. The van der Waals surface area contributed by atoms with Crippen LogP contribution in [-0.4, -0.2) is 21.5 Å². The standard InChI is InChI=1S/C11H17F2N3O2/c1-7(15-10(17)18-11(2,3)4)8-5-6-14-16(8)9(12)13/h5-7,9H,1-4H3,(H,15,17)/t7-/m0/s1. The topological polar surface area (TPSA) is 56.1 Å². The van der Waals surface area contributed by atoms with Gasteiger partial charge in [0.05, 0.1) is 11.7 Å². The number of rotatable bonds is 3. The lowest BCUT2D eigenvalue weighted by Crippen LogP contribution is -2.34. The number of ether oxygens (including phenoxy) is 1. The highest BCUT2D eigenvalue weighted by Crippen LogP contribution is 2.18. The Morgan fingerprint density at radius 3 is 2.61 bits per heavy atom. The van der Waals surface area contributed by atoms with Crippen LogP contribution in [-0.2, 0) is 4.74 Å². The second kappa shape index (κ2) is 5.32. The van der Waals surface area contributed by atoms with Crippen LogP contribution in [0.3, 0.4) is 0 Å². The van der Waals surface area contributed by atoms with Crippen molar-refractivity contribution in [2.45, 2.75) is 45.9 Å². The van der Waals surface area contributed by atoms with Gasteiger partial charge >= 0.3 is 12.6 Å². The molecule has 1 atom stereocenters. The zero-order chi connectivity index (χ0) is 13.9. The second-order valence-electron chi connectivity index (χ2n) is 4.85. The average molecular weight is 261 g/mol. The van der Waals surface area contributed by atoms with Crippen molar-refractivity contribution < 1.29 is 18.3 Å². The molecule has 0 unspecified atom stereocenters. The third kappa shape index (κ3) is 3.97. The van der Waals surface area contributed by atoms with Gasteiger partial charge in [-0.05, 0) is 33.8 Å².